The first-order valence-electron chi connectivity index (χ1n) is 12.6. The minimum Gasteiger partial charge on any atom is -0.466 e. The van der Waals surface area contributed by atoms with Crippen LogP contribution in [-0.4, -0.2) is 23.8 Å². The summed E-state index contributed by atoms with van der Waals surface area (Å²) in [5.74, 6) is 3.86. The number of hydrogen-bond donors (Lipinski definition) is 1. The molecule has 0 saturated heterocycles. The first-order valence-corrected chi connectivity index (χ1v) is 12.6. The van der Waals surface area contributed by atoms with E-state index >= 15 is 0 Å². The van der Waals surface area contributed by atoms with E-state index < -0.39 is 0 Å². The Labute approximate surface area is 178 Å². The Hall–Kier alpha value is -0.570. The third kappa shape index (κ3) is 3.58. The van der Waals surface area contributed by atoms with Gasteiger partial charge in [0, 0.05) is 6.42 Å². The highest BCUT2D eigenvalue weighted by Gasteiger charge is 2.62. The quantitative estimate of drug-likeness (QED) is 0.573. The smallest absolute Gasteiger partial charge is 0.305 e. The zero-order chi connectivity index (χ0) is 20.8. The van der Waals surface area contributed by atoms with E-state index in [2.05, 4.69) is 20.8 Å². The van der Waals surface area contributed by atoms with Gasteiger partial charge in [0.2, 0.25) is 0 Å². The van der Waals surface area contributed by atoms with E-state index in [-0.39, 0.29) is 12.1 Å². The molecule has 29 heavy (non-hydrogen) atoms. The van der Waals surface area contributed by atoms with Crippen LogP contribution in [0.25, 0.3) is 0 Å². The van der Waals surface area contributed by atoms with Gasteiger partial charge < -0.3 is 9.84 Å². The molecule has 9 atom stereocenters. The molecule has 4 rings (SSSR count). The molecule has 3 nitrogen and oxygen atoms in total. The van der Waals surface area contributed by atoms with Gasteiger partial charge in [-0.2, -0.15) is 0 Å². The Morgan fingerprint density at radius 2 is 1.83 bits per heavy atom. The number of rotatable bonds is 5. The van der Waals surface area contributed by atoms with Crippen LogP contribution in [0, 0.1) is 46.3 Å². The van der Waals surface area contributed by atoms with E-state index in [4.69, 9.17) is 4.74 Å². The van der Waals surface area contributed by atoms with Crippen molar-refractivity contribution in [3.63, 3.8) is 0 Å². The van der Waals surface area contributed by atoms with Gasteiger partial charge in [0.15, 0.2) is 0 Å². The van der Waals surface area contributed by atoms with Crippen molar-refractivity contribution in [2.45, 2.75) is 104 Å². The molecular formula is C26H44O3. The summed E-state index contributed by atoms with van der Waals surface area (Å²) in [6.45, 7) is 9.84. The molecular weight excluding hydrogens is 360 g/mol. The molecule has 4 aliphatic carbocycles. The molecule has 3 heteroatoms. The molecule has 0 amide bonds. The van der Waals surface area contributed by atoms with Crippen LogP contribution in [0.1, 0.15) is 98.3 Å². The second-order valence-corrected chi connectivity index (χ2v) is 11.6. The van der Waals surface area contributed by atoms with E-state index in [0.29, 0.717) is 47.5 Å². The number of hydrogen-bond acceptors (Lipinski definition) is 3. The third-order valence-electron chi connectivity index (χ3n) is 10.5. The Morgan fingerprint density at radius 1 is 1.07 bits per heavy atom. The largest absolute Gasteiger partial charge is 0.466 e. The minimum atomic E-state index is -0.0885. The molecule has 4 fully saturated rings. The highest BCUT2D eigenvalue weighted by molar-refractivity contribution is 5.69. The predicted octanol–water partition coefficient (Wildman–Crippen LogP) is 5.99. The van der Waals surface area contributed by atoms with Gasteiger partial charge >= 0.3 is 5.97 Å². The molecule has 0 aromatic carbocycles. The molecule has 1 N–H and O–H groups in total. The van der Waals surface area contributed by atoms with Crippen molar-refractivity contribution < 1.29 is 14.6 Å². The van der Waals surface area contributed by atoms with Crippen LogP contribution in [0.4, 0.5) is 0 Å². The lowest BCUT2D eigenvalue weighted by Crippen LogP contribution is -2.57. The van der Waals surface area contributed by atoms with Crippen molar-refractivity contribution in [1.29, 1.82) is 0 Å². The molecule has 166 valence electrons. The van der Waals surface area contributed by atoms with Gasteiger partial charge in [0.25, 0.3) is 0 Å². The van der Waals surface area contributed by atoms with Crippen LogP contribution in [0.15, 0.2) is 0 Å². The molecule has 4 aliphatic rings. The summed E-state index contributed by atoms with van der Waals surface area (Å²) in [4.78, 5) is 11.9. The average Bonchev–Trinajstić information content (AvgIpc) is 3.04. The van der Waals surface area contributed by atoms with Gasteiger partial charge in [-0.1, -0.05) is 33.6 Å². The van der Waals surface area contributed by atoms with Crippen LogP contribution >= 0.6 is 0 Å². The topological polar surface area (TPSA) is 46.5 Å². The molecule has 0 aromatic heterocycles. The molecule has 0 bridgehead atoms. The first kappa shape index (κ1) is 21.7. The second-order valence-electron chi connectivity index (χ2n) is 11.6. The van der Waals surface area contributed by atoms with Gasteiger partial charge in [-0.3, -0.25) is 4.79 Å². The maximum atomic E-state index is 11.9. The third-order valence-corrected chi connectivity index (χ3v) is 10.5. The summed E-state index contributed by atoms with van der Waals surface area (Å²) in [6, 6.07) is 0. The van der Waals surface area contributed by atoms with Gasteiger partial charge in [-0.15, -0.1) is 0 Å². The van der Waals surface area contributed by atoms with Crippen molar-refractivity contribution in [1.82, 2.24) is 0 Å². The molecule has 3 unspecified atom stereocenters. The lowest BCUT2D eigenvalue weighted by molar-refractivity contribution is -0.164. The Kier molecular flexibility index (Phi) is 6.10. The molecule has 4 saturated carbocycles. The van der Waals surface area contributed by atoms with Crippen LogP contribution < -0.4 is 0 Å². The maximum absolute atomic E-state index is 11.9. The lowest BCUT2D eigenvalue weighted by Gasteiger charge is -2.62. The van der Waals surface area contributed by atoms with Crippen molar-refractivity contribution >= 4 is 5.97 Å². The number of carbonyl (C=O) groups excluding carboxylic acids is 1. The summed E-state index contributed by atoms with van der Waals surface area (Å²) in [6.07, 6.45) is 13.1. The standard InChI is InChI=1S/C26H44O3/c1-5-29-23(28)12-9-17(2)19-10-11-20-24-21(13-15-26(19,20)4)25(3)14-7-6-8-18(25)16-22(24)27/h17-22,24,27H,5-16H2,1-4H3/t17-,18+,19?,20?,21?,22-,24+,25+,26-/m1/s1. The zero-order valence-corrected chi connectivity index (χ0v) is 19.3. The maximum Gasteiger partial charge on any atom is 0.305 e. The fraction of sp³-hybridized carbons (Fsp3) is 0.962. The van der Waals surface area contributed by atoms with E-state index in [1.54, 1.807) is 0 Å². The minimum absolute atomic E-state index is 0.0401. The molecule has 0 aromatic rings. The average molecular weight is 405 g/mol. The summed E-state index contributed by atoms with van der Waals surface area (Å²) in [5, 5.41) is 11.3. The van der Waals surface area contributed by atoms with E-state index in [1.807, 2.05) is 6.92 Å². The SMILES string of the molecule is CCOC(=O)CC[C@@H](C)C1CCC2[C@H]3C(CC[C@@]21C)[C@@]1(C)CCCC[C@H]1C[C@H]3O. The van der Waals surface area contributed by atoms with E-state index in [9.17, 15) is 9.90 Å². The number of esters is 1. The monoisotopic (exact) mass is 404 g/mol. The number of carbonyl (C=O) groups is 1. The van der Waals surface area contributed by atoms with Gasteiger partial charge in [0.1, 0.15) is 0 Å². The Bertz CT molecular complexity index is 603. The van der Waals surface area contributed by atoms with Crippen LogP contribution in [0.2, 0.25) is 0 Å². The summed E-state index contributed by atoms with van der Waals surface area (Å²) in [7, 11) is 0. The van der Waals surface area contributed by atoms with Crippen molar-refractivity contribution in [2.24, 2.45) is 46.3 Å². The Morgan fingerprint density at radius 3 is 2.59 bits per heavy atom. The van der Waals surface area contributed by atoms with Crippen LogP contribution in [-0.2, 0) is 9.53 Å². The van der Waals surface area contributed by atoms with Crippen molar-refractivity contribution in [3.8, 4) is 0 Å². The molecule has 0 heterocycles. The number of ether oxygens (including phenoxy) is 1. The van der Waals surface area contributed by atoms with E-state index in [0.717, 1.165) is 24.7 Å². The van der Waals surface area contributed by atoms with Crippen LogP contribution in [0.5, 0.6) is 0 Å². The predicted molar refractivity (Wildman–Crippen MR) is 116 cm³/mol. The molecule has 0 radical (unpaired) electrons. The second kappa shape index (κ2) is 8.17. The Balaban J connectivity index is 1.49. The number of aliphatic hydroxyl groups excluding tert-OH is 1. The van der Waals surface area contributed by atoms with E-state index in [1.165, 1.54) is 51.4 Å². The highest BCUT2D eigenvalue weighted by Crippen LogP contribution is 2.68. The van der Waals surface area contributed by atoms with Crippen molar-refractivity contribution in [3.05, 3.63) is 0 Å². The summed E-state index contributed by atoms with van der Waals surface area (Å²) >= 11 is 0. The van der Waals surface area contributed by atoms with Gasteiger partial charge in [0.05, 0.1) is 12.7 Å². The van der Waals surface area contributed by atoms with Crippen LogP contribution in [0.3, 0.4) is 0 Å². The normalized spacial score (nSPS) is 47.6. The fourth-order valence-electron chi connectivity index (χ4n) is 9.01. The lowest BCUT2D eigenvalue weighted by atomic mass is 9.44. The summed E-state index contributed by atoms with van der Waals surface area (Å²) in [5.41, 5.74) is 0.811. The fourth-order valence-corrected chi connectivity index (χ4v) is 9.01. The summed E-state index contributed by atoms with van der Waals surface area (Å²) < 4.78 is 5.16. The number of aliphatic hydroxyl groups is 1. The van der Waals surface area contributed by atoms with Gasteiger partial charge in [-0.25, -0.2) is 0 Å². The van der Waals surface area contributed by atoms with Crippen molar-refractivity contribution in [2.75, 3.05) is 6.61 Å². The first-order chi connectivity index (χ1) is 13.8. The zero-order valence-electron chi connectivity index (χ0n) is 19.3. The molecule has 0 spiro atoms. The number of fused-ring (bicyclic) bond motifs is 5. The van der Waals surface area contributed by atoms with Gasteiger partial charge in [-0.05, 0) is 105 Å². The highest BCUT2D eigenvalue weighted by atomic mass is 16.5. The molecule has 0 aliphatic heterocycles.